The summed E-state index contributed by atoms with van der Waals surface area (Å²) in [6.07, 6.45) is 8.50. The van der Waals surface area contributed by atoms with E-state index >= 15 is 0 Å². The molecule has 1 unspecified atom stereocenters. The van der Waals surface area contributed by atoms with E-state index in [-0.39, 0.29) is 0 Å². The van der Waals surface area contributed by atoms with Crippen molar-refractivity contribution in [1.29, 1.82) is 0 Å². The van der Waals surface area contributed by atoms with Gasteiger partial charge in [0.05, 0.1) is 12.7 Å². The molecule has 0 saturated carbocycles. The Morgan fingerprint density at radius 1 is 1.22 bits per heavy atom. The summed E-state index contributed by atoms with van der Waals surface area (Å²) in [4.78, 5) is 0. The third-order valence-corrected chi connectivity index (χ3v) is 3.94. The van der Waals surface area contributed by atoms with E-state index in [1.54, 1.807) is 0 Å². The molecule has 0 aromatic heterocycles. The number of hydrogen-bond donors (Lipinski definition) is 1. The van der Waals surface area contributed by atoms with Crippen LogP contribution in [-0.4, -0.2) is 11.7 Å². The summed E-state index contributed by atoms with van der Waals surface area (Å²) >= 11 is 0. The van der Waals surface area contributed by atoms with Gasteiger partial charge >= 0.3 is 0 Å². The van der Waals surface area contributed by atoms with E-state index in [9.17, 15) is 5.11 Å². The lowest BCUT2D eigenvalue weighted by Gasteiger charge is -2.18. The summed E-state index contributed by atoms with van der Waals surface area (Å²) in [5.41, 5.74) is 3.62. The highest BCUT2D eigenvalue weighted by molar-refractivity contribution is 5.45. The number of para-hydroxylation sites is 1. The summed E-state index contributed by atoms with van der Waals surface area (Å²) in [5.74, 6) is 0.932. The summed E-state index contributed by atoms with van der Waals surface area (Å²) < 4.78 is 5.66. The Bertz CT molecular complexity index is 462. The van der Waals surface area contributed by atoms with Gasteiger partial charge in [0.25, 0.3) is 0 Å². The highest BCUT2D eigenvalue weighted by Gasteiger charge is 2.21. The van der Waals surface area contributed by atoms with E-state index in [2.05, 4.69) is 12.1 Å². The Labute approximate surface area is 108 Å². The van der Waals surface area contributed by atoms with Gasteiger partial charge in [-0.05, 0) is 37.7 Å². The van der Waals surface area contributed by atoms with Crippen molar-refractivity contribution in [3.05, 3.63) is 41.0 Å². The van der Waals surface area contributed by atoms with Crippen molar-refractivity contribution in [2.45, 2.75) is 44.6 Å². The molecule has 0 saturated heterocycles. The number of aliphatic hydroxyl groups is 1. The molecule has 0 radical (unpaired) electrons. The van der Waals surface area contributed by atoms with Gasteiger partial charge in [0.2, 0.25) is 0 Å². The maximum Gasteiger partial charge on any atom is 0.128 e. The van der Waals surface area contributed by atoms with Crippen LogP contribution in [0.5, 0.6) is 5.75 Å². The first-order valence-corrected chi connectivity index (χ1v) is 6.95. The van der Waals surface area contributed by atoms with Crippen LogP contribution in [0.3, 0.4) is 0 Å². The lowest BCUT2D eigenvalue weighted by atomic mass is 9.92. The largest absolute Gasteiger partial charge is 0.493 e. The molecule has 0 fully saturated rings. The fourth-order valence-corrected chi connectivity index (χ4v) is 2.95. The van der Waals surface area contributed by atoms with Crippen LogP contribution >= 0.6 is 0 Å². The number of ether oxygens (including phenoxy) is 1. The van der Waals surface area contributed by atoms with Gasteiger partial charge in [-0.1, -0.05) is 29.8 Å². The molecule has 3 rings (SSSR count). The molecular weight excluding hydrogens is 224 g/mol. The van der Waals surface area contributed by atoms with Crippen molar-refractivity contribution in [3.8, 4) is 5.75 Å². The van der Waals surface area contributed by atoms with Gasteiger partial charge in [0, 0.05) is 12.0 Å². The fourth-order valence-electron chi connectivity index (χ4n) is 2.95. The summed E-state index contributed by atoms with van der Waals surface area (Å²) in [6.45, 7) is 0.752. The average molecular weight is 244 g/mol. The number of rotatable bonds is 3. The zero-order valence-electron chi connectivity index (χ0n) is 10.7. The number of fused-ring (bicyclic) bond motifs is 1. The van der Waals surface area contributed by atoms with Gasteiger partial charge in [-0.3, -0.25) is 0 Å². The molecule has 2 nitrogen and oxygen atoms in total. The molecule has 1 atom stereocenters. The molecule has 2 heteroatoms. The van der Waals surface area contributed by atoms with Crippen LogP contribution < -0.4 is 4.74 Å². The maximum atomic E-state index is 10.4. The Kier molecular flexibility index (Phi) is 3.37. The van der Waals surface area contributed by atoms with Gasteiger partial charge in [-0.25, -0.2) is 0 Å². The van der Waals surface area contributed by atoms with Gasteiger partial charge in [-0.15, -0.1) is 0 Å². The van der Waals surface area contributed by atoms with E-state index in [4.69, 9.17) is 4.74 Å². The maximum absolute atomic E-state index is 10.4. The molecule has 0 spiro atoms. The highest BCUT2D eigenvalue weighted by atomic mass is 16.5. The molecule has 1 N–H and O–H groups in total. The van der Waals surface area contributed by atoms with Crippen LogP contribution in [0.1, 0.15) is 49.3 Å². The number of aliphatic hydroxyl groups excluding tert-OH is 1. The van der Waals surface area contributed by atoms with Crippen molar-refractivity contribution >= 4 is 0 Å². The van der Waals surface area contributed by atoms with E-state index < -0.39 is 6.10 Å². The van der Waals surface area contributed by atoms with Crippen LogP contribution in [0.4, 0.5) is 0 Å². The Morgan fingerprint density at radius 2 is 2.17 bits per heavy atom. The normalized spacial score (nSPS) is 19.9. The Morgan fingerprint density at radius 3 is 3.00 bits per heavy atom. The van der Waals surface area contributed by atoms with Crippen LogP contribution in [-0.2, 0) is 6.42 Å². The van der Waals surface area contributed by atoms with Crippen molar-refractivity contribution in [3.63, 3.8) is 0 Å². The lowest BCUT2D eigenvalue weighted by molar-refractivity contribution is 0.171. The minimum Gasteiger partial charge on any atom is -0.493 e. The average Bonchev–Trinajstić information content (AvgIpc) is 2.87. The lowest BCUT2D eigenvalue weighted by Crippen LogP contribution is -2.03. The molecule has 0 bridgehead atoms. The highest BCUT2D eigenvalue weighted by Crippen LogP contribution is 2.36. The van der Waals surface area contributed by atoms with E-state index in [0.29, 0.717) is 0 Å². The van der Waals surface area contributed by atoms with Crippen molar-refractivity contribution in [2.24, 2.45) is 0 Å². The molecule has 0 amide bonds. The monoisotopic (exact) mass is 244 g/mol. The summed E-state index contributed by atoms with van der Waals surface area (Å²) in [6, 6.07) is 6.12. The van der Waals surface area contributed by atoms with Crippen molar-refractivity contribution < 1.29 is 9.84 Å². The minimum atomic E-state index is -0.414. The van der Waals surface area contributed by atoms with Crippen LogP contribution in [0, 0.1) is 0 Å². The molecule has 1 aromatic carbocycles. The summed E-state index contributed by atoms with van der Waals surface area (Å²) in [7, 11) is 0. The summed E-state index contributed by atoms with van der Waals surface area (Å²) in [5, 5.41) is 10.4. The minimum absolute atomic E-state index is 0.414. The van der Waals surface area contributed by atoms with Gasteiger partial charge in [-0.2, -0.15) is 0 Å². The first-order valence-electron chi connectivity index (χ1n) is 6.95. The molecule has 1 aliphatic heterocycles. The zero-order valence-corrected chi connectivity index (χ0v) is 10.7. The van der Waals surface area contributed by atoms with E-state index in [1.165, 1.54) is 30.4 Å². The second kappa shape index (κ2) is 5.15. The quantitative estimate of drug-likeness (QED) is 0.824. The molecular formula is C16H20O2. The predicted molar refractivity (Wildman–Crippen MR) is 71.8 cm³/mol. The van der Waals surface area contributed by atoms with E-state index in [0.717, 1.165) is 37.2 Å². The third kappa shape index (κ3) is 2.30. The topological polar surface area (TPSA) is 29.5 Å². The van der Waals surface area contributed by atoms with Crippen LogP contribution in [0.2, 0.25) is 0 Å². The Hall–Kier alpha value is -1.28. The van der Waals surface area contributed by atoms with Crippen molar-refractivity contribution in [2.75, 3.05) is 6.61 Å². The van der Waals surface area contributed by atoms with Crippen molar-refractivity contribution in [1.82, 2.24) is 0 Å². The number of benzene rings is 1. The standard InChI is InChI=1S/C16H20O2/c17-15(11-12-5-2-1-3-6-12)14-8-4-7-13-9-10-18-16(13)14/h4-5,7-8,15,17H,1-3,6,9-11H2. The smallest absolute Gasteiger partial charge is 0.128 e. The zero-order chi connectivity index (χ0) is 12.4. The Balaban J connectivity index is 1.78. The molecule has 96 valence electrons. The molecule has 18 heavy (non-hydrogen) atoms. The first kappa shape index (κ1) is 11.8. The van der Waals surface area contributed by atoms with Gasteiger partial charge in [0.15, 0.2) is 0 Å². The SMILES string of the molecule is OC(CC1=CCCCC1)c1cccc2c1OCC2. The second-order valence-corrected chi connectivity index (χ2v) is 5.26. The third-order valence-electron chi connectivity index (χ3n) is 3.94. The van der Waals surface area contributed by atoms with Gasteiger partial charge in [0.1, 0.15) is 5.75 Å². The fraction of sp³-hybridized carbons (Fsp3) is 0.500. The van der Waals surface area contributed by atoms with E-state index in [1.807, 2.05) is 12.1 Å². The predicted octanol–water partition coefficient (Wildman–Crippen LogP) is 3.55. The van der Waals surface area contributed by atoms with Crippen LogP contribution in [0.25, 0.3) is 0 Å². The molecule has 2 aliphatic rings. The number of hydrogen-bond acceptors (Lipinski definition) is 2. The number of allylic oxidation sites excluding steroid dienone is 1. The molecule has 1 aliphatic carbocycles. The first-order chi connectivity index (χ1) is 8.84. The molecule has 1 aromatic rings. The molecule has 1 heterocycles. The second-order valence-electron chi connectivity index (χ2n) is 5.26. The van der Waals surface area contributed by atoms with Crippen LogP contribution in [0.15, 0.2) is 29.8 Å². The van der Waals surface area contributed by atoms with Gasteiger partial charge < -0.3 is 9.84 Å².